The van der Waals surface area contributed by atoms with Gasteiger partial charge in [0.1, 0.15) is 0 Å². The highest BCUT2D eigenvalue weighted by Gasteiger charge is 2.32. The number of nitrogens with one attached hydrogen (secondary N) is 1. The van der Waals surface area contributed by atoms with Gasteiger partial charge in [-0.15, -0.1) is 11.3 Å². The van der Waals surface area contributed by atoms with Crippen LogP contribution >= 0.6 is 11.3 Å². The summed E-state index contributed by atoms with van der Waals surface area (Å²) in [7, 11) is 0. The van der Waals surface area contributed by atoms with E-state index < -0.39 is 0 Å². The van der Waals surface area contributed by atoms with Crippen molar-refractivity contribution in [3.8, 4) is 0 Å². The molecule has 20 heavy (non-hydrogen) atoms. The van der Waals surface area contributed by atoms with E-state index >= 15 is 0 Å². The molecule has 1 aromatic heterocycles. The molecule has 0 unspecified atom stereocenters. The lowest BCUT2D eigenvalue weighted by Crippen LogP contribution is -2.04. The molecular weight excluding hydrogens is 268 g/mol. The molecule has 3 N–H and O–H groups in total. The van der Waals surface area contributed by atoms with E-state index in [0.717, 1.165) is 34.4 Å². The van der Waals surface area contributed by atoms with Crippen LogP contribution in [-0.4, -0.2) is 12.3 Å². The average molecular weight is 294 g/mol. The molecule has 0 atom stereocenters. The highest BCUT2D eigenvalue weighted by atomic mass is 32.1. The third-order valence-electron chi connectivity index (χ3n) is 3.79. The first kappa shape index (κ1) is 15.4. The fourth-order valence-electron chi connectivity index (χ4n) is 2.45. The molecular formula is C16H26N2OS. The van der Waals surface area contributed by atoms with Crippen molar-refractivity contribution < 1.29 is 4.79 Å². The number of thiophene rings is 1. The van der Waals surface area contributed by atoms with Crippen LogP contribution in [0.1, 0.15) is 74.0 Å². The molecule has 0 radical (unpaired) electrons. The van der Waals surface area contributed by atoms with Gasteiger partial charge in [0.2, 0.25) is 0 Å². The second-order valence-electron chi connectivity index (χ2n) is 6.10. The third kappa shape index (κ3) is 3.54. The van der Waals surface area contributed by atoms with E-state index in [1.165, 1.54) is 24.8 Å². The quantitative estimate of drug-likeness (QED) is 0.542. The van der Waals surface area contributed by atoms with Crippen LogP contribution in [0.3, 0.4) is 0 Å². The predicted molar refractivity (Wildman–Crippen MR) is 87.9 cm³/mol. The number of hydrogen-bond donors (Lipinski definition) is 2. The summed E-state index contributed by atoms with van der Waals surface area (Å²) in [5, 5.41) is 4.66. The van der Waals surface area contributed by atoms with Crippen molar-refractivity contribution in [2.75, 3.05) is 17.6 Å². The van der Waals surface area contributed by atoms with Gasteiger partial charge in [-0.25, -0.2) is 0 Å². The van der Waals surface area contributed by atoms with Crippen molar-refractivity contribution in [3.05, 3.63) is 10.4 Å². The van der Waals surface area contributed by atoms with Crippen molar-refractivity contribution >= 4 is 27.8 Å². The van der Waals surface area contributed by atoms with Crippen LogP contribution in [0.15, 0.2) is 0 Å². The summed E-state index contributed by atoms with van der Waals surface area (Å²) in [6.07, 6.45) is 5.34. The van der Waals surface area contributed by atoms with Gasteiger partial charge < -0.3 is 11.1 Å². The van der Waals surface area contributed by atoms with Gasteiger partial charge in [0.05, 0.1) is 15.6 Å². The van der Waals surface area contributed by atoms with E-state index in [9.17, 15) is 4.79 Å². The maximum atomic E-state index is 12.0. The first-order valence-corrected chi connectivity index (χ1v) is 8.55. The lowest BCUT2D eigenvalue weighted by molar-refractivity contribution is 0.0993. The van der Waals surface area contributed by atoms with Gasteiger partial charge in [-0.1, -0.05) is 20.8 Å². The minimum Gasteiger partial charge on any atom is -0.397 e. The van der Waals surface area contributed by atoms with Crippen molar-refractivity contribution in [1.82, 2.24) is 0 Å². The summed E-state index contributed by atoms with van der Waals surface area (Å²) < 4.78 is 0. The molecule has 112 valence electrons. The maximum absolute atomic E-state index is 12.0. The summed E-state index contributed by atoms with van der Waals surface area (Å²) in [6, 6.07) is 0. The second kappa shape index (κ2) is 6.61. The fraction of sp³-hybridized carbons (Fsp3) is 0.688. The minimum absolute atomic E-state index is 0.171. The van der Waals surface area contributed by atoms with Crippen LogP contribution < -0.4 is 11.1 Å². The number of Topliss-reactive ketones (excluding diaryl/α,β-unsaturated/α-hetero) is 1. The molecule has 1 heterocycles. The molecule has 0 spiro atoms. The summed E-state index contributed by atoms with van der Waals surface area (Å²) in [6.45, 7) is 7.36. The third-order valence-corrected chi connectivity index (χ3v) is 5.01. The number of anilines is 2. The number of ketones is 1. The summed E-state index contributed by atoms with van der Waals surface area (Å²) in [5.74, 6) is 1.49. The van der Waals surface area contributed by atoms with Crippen molar-refractivity contribution in [1.29, 1.82) is 0 Å². The highest BCUT2D eigenvalue weighted by Crippen LogP contribution is 2.51. The molecule has 1 saturated carbocycles. The molecule has 4 heteroatoms. The van der Waals surface area contributed by atoms with E-state index in [-0.39, 0.29) is 5.78 Å². The van der Waals surface area contributed by atoms with E-state index in [0.29, 0.717) is 12.3 Å². The number of carbonyl (C=O) groups excluding carboxylic acids is 1. The normalized spacial score (nSPS) is 14.8. The van der Waals surface area contributed by atoms with Crippen LogP contribution in [0.25, 0.3) is 0 Å². The Morgan fingerprint density at radius 2 is 2.15 bits per heavy atom. The Morgan fingerprint density at radius 3 is 2.70 bits per heavy atom. The van der Waals surface area contributed by atoms with E-state index in [4.69, 9.17) is 5.73 Å². The number of hydrogen-bond acceptors (Lipinski definition) is 4. The zero-order valence-electron chi connectivity index (χ0n) is 12.8. The fourth-order valence-corrected chi connectivity index (χ4v) is 3.69. The second-order valence-corrected chi connectivity index (χ2v) is 7.12. The minimum atomic E-state index is 0.171. The number of nitrogen functional groups attached to an aromatic ring is 1. The van der Waals surface area contributed by atoms with Crippen molar-refractivity contribution in [2.24, 2.45) is 5.92 Å². The average Bonchev–Trinajstić information content (AvgIpc) is 3.18. The molecule has 0 saturated heterocycles. The molecule has 0 bridgehead atoms. The number of nitrogens with two attached hydrogens (primary N) is 1. The molecule has 0 aliphatic heterocycles. The Labute approximate surface area is 125 Å². The first-order valence-electron chi connectivity index (χ1n) is 7.73. The molecule has 1 aromatic rings. The predicted octanol–water partition coefficient (Wildman–Crippen LogP) is 4.65. The van der Waals surface area contributed by atoms with Gasteiger partial charge in [0, 0.05) is 18.5 Å². The molecule has 2 rings (SSSR count). The molecule has 0 aromatic carbocycles. The Morgan fingerprint density at radius 1 is 1.45 bits per heavy atom. The number of rotatable bonds is 8. The van der Waals surface area contributed by atoms with Crippen LogP contribution in [0, 0.1) is 5.92 Å². The van der Waals surface area contributed by atoms with Gasteiger partial charge in [0.25, 0.3) is 0 Å². The standard InChI is InChI=1S/C16H26N2OS/c1-4-12(19)15-14(17)13(11-7-8-11)16(20-15)18-9-5-6-10(2)3/h10-11,18H,4-9,17H2,1-3H3. The molecule has 1 fully saturated rings. The van der Waals surface area contributed by atoms with Gasteiger partial charge in [-0.2, -0.15) is 0 Å². The highest BCUT2D eigenvalue weighted by molar-refractivity contribution is 7.18. The van der Waals surface area contributed by atoms with Crippen LogP contribution in [0.4, 0.5) is 10.7 Å². The monoisotopic (exact) mass is 294 g/mol. The van der Waals surface area contributed by atoms with Gasteiger partial charge in [-0.05, 0) is 37.5 Å². The largest absolute Gasteiger partial charge is 0.397 e. The zero-order chi connectivity index (χ0) is 14.7. The van der Waals surface area contributed by atoms with Gasteiger partial charge >= 0.3 is 0 Å². The van der Waals surface area contributed by atoms with Gasteiger partial charge in [0.15, 0.2) is 5.78 Å². The van der Waals surface area contributed by atoms with Crippen molar-refractivity contribution in [2.45, 2.75) is 58.8 Å². The van der Waals surface area contributed by atoms with Crippen molar-refractivity contribution in [3.63, 3.8) is 0 Å². The van der Waals surface area contributed by atoms with Crippen LogP contribution in [-0.2, 0) is 0 Å². The van der Waals surface area contributed by atoms with Gasteiger partial charge in [-0.3, -0.25) is 4.79 Å². The molecule has 1 aliphatic carbocycles. The zero-order valence-corrected chi connectivity index (χ0v) is 13.6. The van der Waals surface area contributed by atoms with E-state index in [1.807, 2.05) is 6.92 Å². The summed E-state index contributed by atoms with van der Waals surface area (Å²) >= 11 is 1.56. The maximum Gasteiger partial charge on any atom is 0.174 e. The lowest BCUT2D eigenvalue weighted by Gasteiger charge is -2.08. The van der Waals surface area contributed by atoms with E-state index in [1.54, 1.807) is 11.3 Å². The lowest BCUT2D eigenvalue weighted by atomic mass is 10.1. The SMILES string of the molecule is CCC(=O)c1sc(NCCCC(C)C)c(C2CC2)c1N. The Bertz CT molecular complexity index is 475. The Hall–Kier alpha value is -1.03. The summed E-state index contributed by atoms with van der Waals surface area (Å²) in [5.41, 5.74) is 8.19. The topological polar surface area (TPSA) is 55.1 Å². The summed E-state index contributed by atoms with van der Waals surface area (Å²) in [4.78, 5) is 12.7. The first-order chi connectivity index (χ1) is 9.54. The van der Waals surface area contributed by atoms with E-state index in [2.05, 4.69) is 19.2 Å². The van der Waals surface area contributed by atoms with Crippen LogP contribution in [0.2, 0.25) is 0 Å². The molecule has 0 amide bonds. The molecule has 1 aliphatic rings. The smallest absolute Gasteiger partial charge is 0.174 e. The molecule has 3 nitrogen and oxygen atoms in total. The Balaban J connectivity index is 2.08. The van der Waals surface area contributed by atoms with Crippen LogP contribution in [0.5, 0.6) is 0 Å². The number of carbonyl (C=O) groups is 1. The Kier molecular flexibility index (Phi) is 5.08.